The van der Waals surface area contributed by atoms with Gasteiger partial charge in [0.15, 0.2) is 5.58 Å². The lowest BCUT2D eigenvalue weighted by atomic mass is 10.3. The molecule has 0 saturated carbocycles. The number of oxazole rings is 1. The average Bonchev–Trinajstić information content (AvgIpc) is 2.60. The Morgan fingerprint density at radius 1 is 1.43 bits per heavy atom. The highest BCUT2D eigenvalue weighted by Gasteiger charge is 2.11. The normalized spacial score (nSPS) is 11.5. The third-order valence-corrected chi connectivity index (χ3v) is 2.21. The summed E-state index contributed by atoms with van der Waals surface area (Å²) in [5.41, 5.74) is 2.18. The number of aromatic hydroxyl groups is 1. The molecule has 4 heteroatoms. The third-order valence-electron chi connectivity index (χ3n) is 2.21. The van der Waals surface area contributed by atoms with Crippen molar-refractivity contribution < 1.29 is 9.52 Å². The fourth-order valence-corrected chi connectivity index (χ4v) is 1.64. The van der Waals surface area contributed by atoms with Gasteiger partial charge in [-0.3, -0.25) is 4.40 Å². The van der Waals surface area contributed by atoms with Crippen LogP contribution in [-0.2, 0) is 0 Å². The largest absolute Gasteiger partial charge is 0.506 e. The first-order valence-electron chi connectivity index (χ1n) is 4.32. The number of hydrogen-bond donors (Lipinski definition) is 1. The molecule has 3 aromatic rings. The van der Waals surface area contributed by atoms with Crippen LogP contribution in [-0.4, -0.2) is 14.5 Å². The average molecular weight is 188 g/mol. The van der Waals surface area contributed by atoms with E-state index >= 15 is 0 Å². The molecule has 1 N–H and O–H groups in total. The molecular formula is C10H8N2O2. The quantitative estimate of drug-likeness (QED) is 0.587. The molecule has 0 aliphatic heterocycles. The number of aromatic nitrogens is 2. The highest BCUT2D eigenvalue weighted by molar-refractivity contribution is 5.82. The zero-order chi connectivity index (χ0) is 9.71. The van der Waals surface area contributed by atoms with Crippen molar-refractivity contribution in [3.05, 3.63) is 30.1 Å². The fourth-order valence-electron chi connectivity index (χ4n) is 1.64. The van der Waals surface area contributed by atoms with Crippen LogP contribution >= 0.6 is 0 Å². The summed E-state index contributed by atoms with van der Waals surface area (Å²) < 4.78 is 7.20. The molecule has 2 heterocycles. The molecule has 0 aliphatic rings. The summed E-state index contributed by atoms with van der Waals surface area (Å²) in [5, 5.41) is 9.66. The van der Waals surface area contributed by atoms with Crippen LogP contribution in [0.15, 0.2) is 28.8 Å². The minimum absolute atomic E-state index is 0.207. The second-order valence-electron chi connectivity index (χ2n) is 3.26. The van der Waals surface area contributed by atoms with Crippen LogP contribution in [0.3, 0.4) is 0 Å². The summed E-state index contributed by atoms with van der Waals surface area (Å²) in [6.07, 6.45) is 1.83. The van der Waals surface area contributed by atoms with E-state index in [0.29, 0.717) is 16.9 Å². The van der Waals surface area contributed by atoms with Crippen molar-refractivity contribution in [2.75, 3.05) is 0 Å². The number of fused-ring (bicyclic) bond motifs is 3. The topological polar surface area (TPSA) is 50.7 Å². The first-order valence-corrected chi connectivity index (χ1v) is 4.32. The molecule has 0 spiro atoms. The summed E-state index contributed by atoms with van der Waals surface area (Å²) in [6, 6.07) is 5.18. The second kappa shape index (κ2) is 2.29. The predicted molar refractivity (Wildman–Crippen MR) is 51.4 cm³/mol. The van der Waals surface area contributed by atoms with Gasteiger partial charge in [-0.25, -0.2) is 0 Å². The molecule has 0 atom stereocenters. The van der Waals surface area contributed by atoms with E-state index in [0.717, 1.165) is 5.69 Å². The van der Waals surface area contributed by atoms with Crippen molar-refractivity contribution in [2.45, 2.75) is 6.92 Å². The third kappa shape index (κ3) is 0.797. The van der Waals surface area contributed by atoms with Crippen molar-refractivity contribution in [3.63, 3.8) is 0 Å². The van der Waals surface area contributed by atoms with Gasteiger partial charge < -0.3 is 9.52 Å². The van der Waals surface area contributed by atoms with Gasteiger partial charge in [-0.05, 0) is 19.1 Å². The SMILES string of the molecule is Cc1cn2c(n1)oc1cccc(O)c12. The highest BCUT2D eigenvalue weighted by atomic mass is 16.4. The Kier molecular flexibility index (Phi) is 1.21. The van der Waals surface area contributed by atoms with Crippen molar-refractivity contribution in [1.29, 1.82) is 0 Å². The molecule has 0 saturated heterocycles. The Bertz CT molecular complexity index is 621. The van der Waals surface area contributed by atoms with E-state index in [4.69, 9.17) is 4.42 Å². The van der Waals surface area contributed by atoms with E-state index in [1.165, 1.54) is 0 Å². The van der Waals surface area contributed by atoms with Crippen LogP contribution in [0.25, 0.3) is 16.9 Å². The highest BCUT2D eigenvalue weighted by Crippen LogP contribution is 2.27. The van der Waals surface area contributed by atoms with E-state index in [2.05, 4.69) is 4.98 Å². The standard InChI is InChI=1S/C10H8N2O2/c1-6-5-12-9-7(13)3-2-4-8(9)14-10(12)11-6/h2-5,13H,1H3. The van der Waals surface area contributed by atoms with Crippen LogP contribution in [0, 0.1) is 6.92 Å². The van der Waals surface area contributed by atoms with Crippen LogP contribution < -0.4 is 0 Å². The van der Waals surface area contributed by atoms with Crippen LogP contribution in [0.1, 0.15) is 5.69 Å². The van der Waals surface area contributed by atoms with Gasteiger partial charge in [0.25, 0.3) is 0 Å². The van der Waals surface area contributed by atoms with Gasteiger partial charge in [0.1, 0.15) is 11.3 Å². The van der Waals surface area contributed by atoms with Gasteiger partial charge in [0.05, 0.1) is 5.69 Å². The van der Waals surface area contributed by atoms with Crippen LogP contribution in [0.4, 0.5) is 0 Å². The van der Waals surface area contributed by atoms with E-state index in [1.54, 1.807) is 22.6 Å². The monoisotopic (exact) mass is 188 g/mol. The molecule has 0 bridgehead atoms. The number of imidazole rings is 1. The Balaban J connectivity index is 2.61. The van der Waals surface area contributed by atoms with Gasteiger partial charge in [-0.1, -0.05) is 6.07 Å². The number of hydrogen-bond acceptors (Lipinski definition) is 3. The van der Waals surface area contributed by atoms with Crippen molar-refractivity contribution in [1.82, 2.24) is 9.38 Å². The van der Waals surface area contributed by atoms with Crippen LogP contribution in [0.5, 0.6) is 5.75 Å². The Morgan fingerprint density at radius 2 is 2.29 bits per heavy atom. The predicted octanol–water partition coefficient (Wildman–Crippen LogP) is 2.09. The number of phenols is 1. The minimum atomic E-state index is 0.207. The second-order valence-corrected chi connectivity index (χ2v) is 3.26. The number of benzene rings is 1. The Labute approximate surface area is 79.4 Å². The van der Waals surface area contributed by atoms with Gasteiger partial charge in [0.2, 0.25) is 0 Å². The molecular weight excluding hydrogens is 180 g/mol. The lowest BCUT2D eigenvalue weighted by molar-refractivity contribution is 0.480. The van der Waals surface area contributed by atoms with E-state index < -0.39 is 0 Å². The number of rotatable bonds is 0. The lowest BCUT2D eigenvalue weighted by Crippen LogP contribution is -1.77. The summed E-state index contributed by atoms with van der Waals surface area (Å²) in [7, 11) is 0. The van der Waals surface area contributed by atoms with E-state index in [-0.39, 0.29) is 5.75 Å². The maximum Gasteiger partial charge on any atom is 0.307 e. The molecule has 0 aliphatic carbocycles. The number of para-hydroxylation sites is 1. The first-order chi connectivity index (χ1) is 6.75. The summed E-state index contributed by atoms with van der Waals surface area (Å²) in [5.74, 6) is 0.720. The van der Waals surface area contributed by atoms with Gasteiger partial charge in [0, 0.05) is 6.20 Å². The molecule has 14 heavy (non-hydrogen) atoms. The summed E-state index contributed by atoms with van der Waals surface area (Å²) in [6.45, 7) is 1.88. The number of aryl methyl sites for hydroxylation is 1. The van der Waals surface area contributed by atoms with Crippen molar-refractivity contribution in [3.8, 4) is 5.75 Å². The minimum Gasteiger partial charge on any atom is -0.506 e. The maximum atomic E-state index is 9.66. The maximum absolute atomic E-state index is 9.66. The molecule has 3 rings (SSSR count). The van der Waals surface area contributed by atoms with Crippen molar-refractivity contribution in [2.24, 2.45) is 0 Å². The molecule has 0 radical (unpaired) electrons. The van der Waals surface area contributed by atoms with E-state index in [9.17, 15) is 5.11 Å². The number of nitrogens with zero attached hydrogens (tertiary/aromatic N) is 2. The fraction of sp³-hybridized carbons (Fsp3) is 0.100. The molecule has 0 unspecified atom stereocenters. The molecule has 1 aromatic carbocycles. The molecule has 2 aromatic heterocycles. The van der Waals surface area contributed by atoms with Crippen molar-refractivity contribution >= 4 is 16.9 Å². The Hall–Kier alpha value is -1.97. The molecule has 0 amide bonds. The Morgan fingerprint density at radius 3 is 3.14 bits per heavy atom. The van der Waals surface area contributed by atoms with Gasteiger partial charge in [-0.2, -0.15) is 4.98 Å². The molecule has 0 fully saturated rings. The molecule has 4 nitrogen and oxygen atoms in total. The summed E-state index contributed by atoms with van der Waals surface area (Å²) in [4.78, 5) is 4.18. The zero-order valence-corrected chi connectivity index (χ0v) is 7.56. The first kappa shape index (κ1) is 7.44. The molecule has 70 valence electrons. The smallest absolute Gasteiger partial charge is 0.307 e. The van der Waals surface area contributed by atoms with Gasteiger partial charge >= 0.3 is 5.84 Å². The van der Waals surface area contributed by atoms with E-state index in [1.807, 2.05) is 13.1 Å². The van der Waals surface area contributed by atoms with Gasteiger partial charge in [-0.15, -0.1) is 0 Å². The number of phenolic OH excluding ortho intramolecular Hbond substituents is 1. The zero-order valence-electron chi connectivity index (χ0n) is 7.56. The summed E-state index contributed by atoms with van der Waals surface area (Å²) >= 11 is 0. The lowest BCUT2D eigenvalue weighted by Gasteiger charge is -1.92. The van der Waals surface area contributed by atoms with Crippen LogP contribution in [0.2, 0.25) is 0 Å².